The first-order valence-corrected chi connectivity index (χ1v) is 9.14. The van der Waals surface area contributed by atoms with Crippen LogP contribution in [-0.2, 0) is 15.0 Å². The number of hydrogen-bond acceptors (Lipinski definition) is 8. The topological polar surface area (TPSA) is 133 Å². The predicted molar refractivity (Wildman–Crippen MR) is 103 cm³/mol. The van der Waals surface area contributed by atoms with Crippen molar-refractivity contribution in [1.82, 2.24) is 5.32 Å². The van der Waals surface area contributed by atoms with Gasteiger partial charge in [-0.1, -0.05) is 0 Å². The van der Waals surface area contributed by atoms with E-state index >= 15 is 0 Å². The van der Waals surface area contributed by atoms with E-state index < -0.39 is 34.6 Å². The number of phenols is 2. The van der Waals surface area contributed by atoms with Crippen LogP contribution in [0.1, 0.15) is 49.2 Å². The molecule has 1 heterocycles. The van der Waals surface area contributed by atoms with Gasteiger partial charge in [0.15, 0.2) is 17.3 Å². The van der Waals surface area contributed by atoms with Crippen LogP contribution in [0.3, 0.4) is 0 Å². The fourth-order valence-electron chi connectivity index (χ4n) is 3.75. The number of aromatic hydroxyl groups is 2. The smallest absolute Gasteiger partial charge is 0.194 e. The summed E-state index contributed by atoms with van der Waals surface area (Å²) in [6.07, 6.45) is 0.462. The molecule has 1 unspecified atom stereocenters. The summed E-state index contributed by atoms with van der Waals surface area (Å²) in [7, 11) is 0. The first-order valence-electron chi connectivity index (χ1n) is 9.14. The molecule has 154 valence electrons. The van der Waals surface area contributed by atoms with Crippen molar-refractivity contribution >= 4 is 17.3 Å². The van der Waals surface area contributed by atoms with Crippen molar-refractivity contribution in [2.75, 3.05) is 6.54 Å². The SMILES string of the molecule is CC(=O)c1c(O)c(C)c(O)c2c1OC1=CC(=O)C(=C(C)NCC(C)O)C(=O)[C@@]12C. The molecule has 0 saturated carbocycles. The van der Waals surface area contributed by atoms with Crippen molar-refractivity contribution in [2.45, 2.75) is 46.1 Å². The van der Waals surface area contributed by atoms with Crippen molar-refractivity contribution in [3.8, 4) is 17.2 Å². The zero-order valence-electron chi connectivity index (χ0n) is 16.8. The number of aliphatic hydroxyl groups excluding tert-OH is 1. The standard InChI is InChI=1S/C21H23NO7/c1-8(23)7-22-10(3)14-12(25)6-13-21(5,20(14)28)16-18(27)9(2)17(26)15(11(4)24)19(16)29-13/h6,8,22-23,26-27H,7H2,1-5H3/t8?,21-/m0/s1. The number of Topliss-reactive ketones (excluding diaryl/α,β-unsaturated/α-hetero) is 2. The lowest BCUT2D eigenvalue weighted by Crippen LogP contribution is -2.41. The predicted octanol–water partition coefficient (Wildman–Crippen LogP) is 1.54. The third-order valence-corrected chi connectivity index (χ3v) is 5.42. The number of aliphatic hydroxyl groups is 1. The molecule has 2 aliphatic rings. The fraction of sp³-hybridized carbons (Fsp3) is 0.381. The molecule has 8 nitrogen and oxygen atoms in total. The molecule has 3 rings (SSSR count). The molecule has 0 amide bonds. The summed E-state index contributed by atoms with van der Waals surface area (Å²) in [6, 6.07) is 0. The molecular formula is C21H23NO7. The van der Waals surface area contributed by atoms with Gasteiger partial charge in [0.25, 0.3) is 0 Å². The average Bonchev–Trinajstić information content (AvgIpc) is 2.91. The molecule has 0 fully saturated rings. The number of nitrogens with one attached hydrogen (secondary N) is 1. The minimum absolute atomic E-state index is 0.0163. The Balaban J connectivity index is 2.28. The van der Waals surface area contributed by atoms with Gasteiger partial charge in [0.2, 0.25) is 0 Å². The normalized spacial score (nSPS) is 23.0. The van der Waals surface area contributed by atoms with Crippen molar-refractivity contribution in [2.24, 2.45) is 0 Å². The van der Waals surface area contributed by atoms with Gasteiger partial charge in [-0.25, -0.2) is 0 Å². The third kappa shape index (κ3) is 2.82. The molecule has 4 N–H and O–H groups in total. The van der Waals surface area contributed by atoms with Crippen molar-refractivity contribution in [3.05, 3.63) is 39.8 Å². The fourth-order valence-corrected chi connectivity index (χ4v) is 3.75. The maximum absolute atomic E-state index is 13.5. The Bertz CT molecular complexity index is 1030. The second-order valence-corrected chi connectivity index (χ2v) is 7.62. The summed E-state index contributed by atoms with van der Waals surface area (Å²) in [5, 5.41) is 33.4. The molecule has 0 spiro atoms. The Morgan fingerprint density at radius 3 is 2.41 bits per heavy atom. The first kappa shape index (κ1) is 20.6. The molecule has 8 heteroatoms. The summed E-state index contributed by atoms with van der Waals surface area (Å²) in [5.74, 6) is -2.64. The molecule has 0 radical (unpaired) electrons. The van der Waals surface area contributed by atoms with E-state index in [0.717, 1.165) is 6.08 Å². The number of ketones is 3. The highest BCUT2D eigenvalue weighted by atomic mass is 16.5. The minimum Gasteiger partial charge on any atom is -0.507 e. The first-order chi connectivity index (χ1) is 13.4. The summed E-state index contributed by atoms with van der Waals surface area (Å²) in [4.78, 5) is 38.2. The van der Waals surface area contributed by atoms with Gasteiger partial charge in [-0.15, -0.1) is 0 Å². The van der Waals surface area contributed by atoms with Crippen molar-refractivity contribution < 1.29 is 34.4 Å². The molecule has 29 heavy (non-hydrogen) atoms. The van der Waals surface area contributed by atoms with Gasteiger partial charge in [-0.2, -0.15) is 0 Å². The number of ether oxygens (including phenoxy) is 1. The van der Waals surface area contributed by atoms with Crippen LogP contribution < -0.4 is 10.1 Å². The molecular weight excluding hydrogens is 378 g/mol. The van der Waals surface area contributed by atoms with Crippen LogP contribution in [-0.4, -0.2) is 45.3 Å². The second kappa shape index (κ2) is 6.73. The van der Waals surface area contributed by atoms with Gasteiger partial charge in [-0.05, 0) is 34.6 Å². The molecule has 2 atom stereocenters. The number of phenolic OH excluding ortho intramolecular Hbond substituents is 2. The van der Waals surface area contributed by atoms with Gasteiger partial charge < -0.3 is 25.4 Å². The summed E-state index contributed by atoms with van der Waals surface area (Å²) < 4.78 is 5.69. The highest BCUT2D eigenvalue weighted by Crippen LogP contribution is 2.57. The molecule has 1 aliphatic carbocycles. The Kier molecular flexibility index (Phi) is 4.78. The van der Waals surface area contributed by atoms with E-state index in [4.69, 9.17) is 4.74 Å². The van der Waals surface area contributed by atoms with E-state index in [1.54, 1.807) is 13.8 Å². The highest BCUT2D eigenvalue weighted by Gasteiger charge is 2.56. The lowest BCUT2D eigenvalue weighted by atomic mass is 9.70. The van der Waals surface area contributed by atoms with Gasteiger partial charge in [0.05, 0.1) is 17.2 Å². The van der Waals surface area contributed by atoms with Crippen LogP contribution >= 0.6 is 0 Å². The third-order valence-electron chi connectivity index (χ3n) is 5.42. The van der Waals surface area contributed by atoms with Crippen LogP contribution in [0.4, 0.5) is 0 Å². The molecule has 1 aliphatic heterocycles. The summed E-state index contributed by atoms with van der Waals surface area (Å²) in [6.45, 7) is 7.41. The highest BCUT2D eigenvalue weighted by molar-refractivity contribution is 6.31. The maximum Gasteiger partial charge on any atom is 0.194 e. The van der Waals surface area contributed by atoms with Gasteiger partial charge in [0.1, 0.15) is 34.0 Å². The molecule has 1 aromatic carbocycles. The van der Waals surface area contributed by atoms with Gasteiger partial charge in [-0.3, -0.25) is 14.4 Å². The van der Waals surface area contributed by atoms with Crippen molar-refractivity contribution in [1.29, 1.82) is 0 Å². The van der Waals surface area contributed by atoms with Crippen molar-refractivity contribution in [3.63, 3.8) is 0 Å². The van der Waals surface area contributed by atoms with Crippen LogP contribution in [0.2, 0.25) is 0 Å². The van der Waals surface area contributed by atoms with E-state index in [1.807, 2.05) is 0 Å². The van der Waals surface area contributed by atoms with E-state index in [9.17, 15) is 29.7 Å². The Hall–Kier alpha value is -3.13. The van der Waals surface area contributed by atoms with Crippen LogP contribution in [0.15, 0.2) is 23.1 Å². The number of rotatable bonds is 4. The molecule has 0 aromatic heterocycles. The van der Waals surface area contributed by atoms with Crippen LogP contribution in [0.25, 0.3) is 0 Å². The Morgan fingerprint density at radius 1 is 1.24 bits per heavy atom. The van der Waals surface area contributed by atoms with E-state index in [2.05, 4.69) is 5.32 Å². The van der Waals surface area contributed by atoms with E-state index in [1.165, 1.54) is 20.8 Å². The molecule has 0 saturated heterocycles. The average molecular weight is 401 g/mol. The van der Waals surface area contributed by atoms with Crippen LogP contribution in [0, 0.1) is 6.92 Å². The number of hydrogen-bond donors (Lipinski definition) is 4. The number of carbonyl (C=O) groups is 3. The van der Waals surface area contributed by atoms with Gasteiger partial charge in [0, 0.05) is 23.9 Å². The zero-order valence-corrected chi connectivity index (χ0v) is 16.8. The second-order valence-electron chi connectivity index (χ2n) is 7.62. The zero-order chi connectivity index (χ0) is 21.8. The maximum atomic E-state index is 13.5. The number of fused-ring (bicyclic) bond motifs is 3. The van der Waals surface area contributed by atoms with Gasteiger partial charge >= 0.3 is 0 Å². The van der Waals surface area contributed by atoms with E-state index in [-0.39, 0.29) is 51.8 Å². The minimum atomic E-state index is -1.54. The molecule has 0 bridgehead atoms. The van der Waals surface area contributed by atoms with E-state index in [0.29, 0.717) is 0 Å². The Labute approximate surface area is 167 Å². The number of carbonyl (C=O) groups excluding carboxylic acids is 3. The summed E-state index contributed by atoms with van der Waals surface area (Å²) in [5.41, 5.74) is -1.45. The quantitative estimate of drug-likeness (QED) is 0.339. The Morgan fingerprint density at radius 2 is 1.86 bits per heavy atom. The number of benzene rings is 1. The molecule has 1 aromatic rings. The monoisotopic (exact) mass is 401 g/mol. The summed E-state index contributed by atoms with van der Waals surface area (Å²) >= 11 is 0. The van der Waals surface area contributed by atoms with Crippen LogP contribution in [0.5, 0.6) is 17.2 Å². The largest absolute Gasteiger partial charge is 0.507 e. The lowest BCUT2D eigenvalue weighted by Gasteiger charge is -2.29. The number of allylic oxidation sites excluding steroid dienone is 4. The lowest BCUT2D eigenvalue weighted by molar-refractivity contribution is -0.123.